The van der Waals surface area contributed by atoms with Crippen molar-refractivity contribution in [1.82, 2.24) is 0 Å². The fourth-order valence-electron chi connectivity index (χ4n) is 3.53. The number of carbonyl (C=O) groups excluding carboxylic acids is 1. The van der Waals surface area contributed by atoms with Crippen LogP contribution in [0.5, 0.6) is 0 Å². The van der Waals surface area contributed by atoms with Gasteiger partial charge < -0.3 is 15.2 Å². The van der Waals surface area contributed by atoms with Gasteiger partial charge in [-0.3, -0.25) is 4.79 Å². The maximum absolute atomic E-state index is 12.3. The molecule has 7 heteroatoms. The molecule has 3 aromatic carbocycles. The maximum atomic E-state index is 12.3. The molecule has 3 aromatic rings. The van der Waals surface area contributed by atoms with E-state index >= 15 is 0 Å². The lowest BCUT2D eigenvalue weighted by molar-refractivity contribution is -0.117. The molecule has 1 amide bonds. The molecule has 0 unspecified atom stereocenters. The van der Waals surface area contributed by atoms with Crippen molar-refractivity contribution in [2.24, 2.45) is 0 Å². The zero-order valence-corrected chi connectivity index (χ0v) is 17.2. The van der Waals surface area contributed by atoms with Crippen LogP contribution in [-0.2, 0) is 9.53 Å². The summed E-state index contributed by atoms with van der Waals surface area (Å²) in [6.45, 7) is 0.196. The van der Waals surface area contributed by atoms with E-state index in [1.165, 1.54) is 12.1 Å². The third-order valence-corrected chi connectivity index (χ3v) is 5.38. The number of carboxylic acid groups (broad SMARTS) is 1. The summed E-state index contributed by atoms with van der Waals surface area (Å²) < 4.78 is 6.07. The average Bonchev–Trinajstić information content (AvgIpc) is 3.00. The summed E-state index contributed by atoms with van der Waals surface area (Å²) in [5, 5.41) is 12.9. The van der Waals surface area contributed by atoms with Crippen molar-refractivity contribution >= 4 is 40.8 Å². The summed E-state index contributed by atoms with van der Waals surface area (Å²) in [5.74, 6) is -1.24. The Labute approximate surface area is 183 Å². The molecule has 0 saturated carbocycles. The second-order valence-electron chi connectivity index (χ2n) is 6.89. The van der Waals surface area contributed by atoms with Gasteiger partial charge in [-0.2, -0.15) is 0 Å². The number of carboxylic acids is 1. The van der Waals surface area contributed by atoms with Crippen LogP contribution in [0, 0.1) is 0 Å². The van der Waals surface area contributed by atoms with Crippen LogP contribution in [0.3, 0.4) is 0 Å². The van der Waals surface area contributed by atoms with Crippen LogP contribution in [-0.4, -0.2) is 23.6 Å². The molecule has 0 aromatic heterocycles. The lowest BCUT2D eigenvalue weighted by Gasteiger charge is -2.15. The highest BCUT2D eigenvalue weighted by Gasteiger charge is 2.30. The van der Waals surface area contributed by atoms with Crippen molar-refractivity contribution in [3.63, 3.8) is 0 Å². The van der Waals surface area contributed by atoms with Crippen molar-refractivity contribution in [1.29, 1.82) is 0 Å². The number of benzene rings is 3. The van der Waals surface area contributed by atoms with Crippen molar-refractivity contribution in [2.45, 2.75) is 12.5 Å². The van der Waals surface area contributed by atoms with Crippen LogP contribution < -0.4 is 5.32 Å². The maximum Gasteiger partial charge on any atom is 0.335 e. The summed E-state index contributed by atoms with van der Waals surface area (Å²) in [7, 11) is 0. The Kier molecular flexibility index (Phi) is 5.77. The minimum Gasteiger partial charge on any atom is -0.478 e. The number of rotatable bonds is 6. The molecular formula is C23H17Cl2NO4. The van der Waals surface area contributed by atoms with Crippen LogP contribution in [0.15, 0.2) is 60.7 Å². The van der Waals surface area contributed by atoms with Gasteiger partial charge in [-0.1, -0.05) is 35.3 Å². The molecule has 0 saturated heterocycles. The van der Waals surface area contributed by atoms with Gasteiger partial charge in [0.1, 0.15) is 6.10 Å². The SMILES string of the molecule is O=C(CCOC1c2cc(Cl)ccc2-c2ccc(Cl)cc21)Nc1ccc(C(=O)O)cc1. The molecule has 0 radical (unpaired) electrons. The minimum atomic E-state index is -1.02. The van der Waals surface area contributed by atoms with Gasteiger partial charge in [0.2, 0.25) is 5.91 Å². The molecule has 2 N–H and O–H groups in total. The number of hydrogen-bond acceptors (Lipinski definition) is 3. The fourth-order valence-corrected chi connectivity index (χ4v) is 3.89. The molecule has 1 aliphatic rings. The van der Waals surface area contributed by atoms with Gasteiger partial charge >= 0.3 is 5.97 Å². The summed E-state index contributed by atoms with van der Waals surface area (Å²) in [6, 6.07) is 17.3. The van der Waals surface area contributed by atoms with Gasteiger partial charge in [0.05, 0.1) is 18.6 Å². The Hall–Kier alpha value is -2.86. The van der Waals surface area contributed by atoms with E-state index in [-0.39, 0.29) is 30.6 Å². The first-order valence-corrected chi connectivity index (χ1v) is 10.0. The highest BCUT2D eigenvalue weighted by molar-refractivity contribution is 6.31. The monoisotopic (exact) mass is 441 g/mol. The lowest BCUT2D eigenvalue weighted by atomic mass is 10.1. The Balaban J connectivity index is 1.42. The number of nitrogens with one attached hydrogen (secondary N) is 1. The quantitative estimate of drug-likeness (QED) is 0.506. The number of fused-ring (bicyclic) bond motifs is 3. The van der Waals surface area contributed by atoms with E-state index in [1.807, 2.05) is 36.4 Å². The van der Waals surface area contributed by atoms with Crippen molar-refractivity contribution in [3.8, 4) is 11.1 Å². The number of anilines is 1. The minimum absolute atomic E-state index is 0.142. The summed E-state index contributed by atoms with van der Waals surface area (Å²) in [5.41, 5.74) is 4.67. The van der Waals surface area contributed by atoms with Crippen molar-refractivity contribution < 1.29 is 19.4 Å². The zero-order valence-electron chi connectivity index (χ0n) is 15.7. The second-order valence-corrected chi connectivity index (χ2v) is 7.77. The van der Waals surface area contributed by atoms with Crippen molar-refractivity contribution in [3.05, 3.63) is 87.4 Å². The van der Waals surface area contributed by atoms with E-state index in [9.17, 15) is 9.59 Å². The highest BCUT2D eigenvalue weighted by atomic mass is 35.5. The van der Waals surface area contributed by atoms with Crippen LogP contribution >= 0.6 is 23.2 Å². The Bertz CT molecular complexity index is 1080. The third-order valence-electron chi connectivity index (χ3n) is 4.91. The Morgan fingerprint density at radius 3 is 2.00 bits per heavy atom. The predicted octanol–water partition coefficient (Wildman–Crippen LogP) is 5.81. The molecule has 0 fully saturated rings. The van der Waals surface area contributed by atoms with E-state index in [0.29, 0.717) is 15.7 Å². The van der Waals surface area contributed by atoms with E-state index in [0.717, 1.165) is 22.3 Å². The first-order chi connectivity index (χ1) is 14.4. The average molecular weight is 442 g/mol. The van der Waals surface area contributed by atoms with Gasteiger partial charge in [-0.25, -0.2) is 4.79 Å². The standard InChI is InChI=1S/C23H17Cl2NO4/c24-14-3-7-17-18-8-4-15(25)12-20(18)22(19(17)11-14)30-10-9-21(27)26-16-5-1-13(2-6-16)23(28)29/h1-8,11-12,22H,9-10H2,(H,26,27)(H,28,29). The van der Waals surface area contributed by atoms with E-state index < -0.39 is 5.97 Å². The lowest BCUT2D eigenvalue weighted by Crippen LogP contribution is -2.15. The molecule has 152 valence electrons. The molecule has 4 rings (SSSR count). The van der Waals surface area contributed by atoms with E-state index in [2.05, 4.69) is 5.32 Å². The Morgan fingerprint density at radius 1 is 0.900 bits per heavy atom. The largest absolute Gasteiger partial charge is 0.478 e. The zero-order chi connectivity index (χ0) is 21.3. The van der Waals surface area contributed by atoms with E-state index in [4.69, 9.17) is 33.0 Å². The summed E-state index contributed by atoms with van der Waals surface area (Å²) in [6.07, 6.45) is -0.210. The predicted molar refractivity (Wildman–Crippen MR) is 116 cm³/mol. The van der Waals surface area contributed by atoms with Gasteiger partial charge in [0.25, 0.3) is 0 Å². The highest BCUT2D eigenvalue weighted by Crippen LogP contribution is 2.47. The number of aromatic carboxylic acids is 1. The van der Waals surface area contributed by atoms with Crippen molar-refractivity contribution in [2.75, 3.05) is 11.9 Å². The van der Waals surface area contributed by atoms with Crippen LogP contribution in [0.25, 0.3) is 11.1 Å². The van der Waals surface area contributed by atoms with Gasteiger partial charge in [0, 0.05) is 15.7 Å². The molecular weight excluding hydrogens is 425 g/mol. The normalized spacial score (nSPS) is 12.3. The molecule has 0 heterocycles. The summed E-state index contributed by atoms with van der Waals surface area (Å²) in [4.78, 5) is 23.2. The number of amides is 1. The molecule has 5 nitrogen and oxygen atoms in total. The molecule has 30 heavy (non-hydrogen) atoms. The molecule has 0 bridgehead atoms. The van der Waals surface area contributed by atoms with E-state index in [1.54, 1.807) is 12.1 Å². The molecule has 1 aliphatic carbocycles. The van der Waals surface area contributed by atoms with Gasteiger partial charge in [0.15, 0.2) is 0 Å². The summed E-state index contributed by atoms with van der Waals surface area (Å²) >= 11 is 12.4. The molecule has 0 aliphatic heterocycles. The number of ether oxygens (including phenoxy) is 1. The van der Waals surface area contributed by atoms with Crippen LogP contribution in [0.1, 0.15) is 34.0 Å². The van der Waals surface area contributed by atoms with Gasteiger partial charge in [-0.05, 0) is 70.8 Å². The first kappa shape index (κ1) is 20.4. The third kappa shape index (κ3) is 4.19. The Morgan fingerprint density at radius 2 is 1.47 bits per heavy atom. The second kappa shape index (κ2) is 8.48. The van der Waals surface area contributed by atoms with Crippen LogP contribution in [0.2, 0.25) is 10.0 Å². The van der Waals surface area contributed by atoms with Gasteiger partial charge in [-0.15, -0.1) is 0 Å². The smallest absolute Gasteiger partial charge is 0.335 e. The topological polar surface area (TPSA) is 75.6 Å². The number of carbonyl (C=O) groups is 2. The van der Waals surface area contributed by atoms with Crippen LogP contribution in [0.4, 0.5) is 5.69 Å². The number of halogens is 2. The molecule has 0 atom stereocenters. The fraction of sp³-hybridized carbons (Fsp3) is 0.130. The molecule has 0 spiro atoms. The number of hydrogen-bond donors (Lipinski definition) is 2. The first-order valence-electron chi connectivity index (χ1n) is 9.26.